The molecule has 102 valence electrons. The van der Waals surface area contributed by atoms with Gasteiger partial charge in [-0.3, -0.25) is 0 Å². The first-order valence-corrected chi connectivity index (χ1v) is 7.51. The van der Waals surface area contributed by atoms with Crippen molar-refractivity contribution in [3.63, 3.8) is 0 Å². The first kappa shape index (κ1) is 11.9. The maximum absolute atomic E-state index is 6.19. The molecule has 3 nitrogen and oxygen atoms in total. The van der Waals surface area contributed by atoms with Crippen LogP contribution in [0.3, 0.4) is 0 Å². The van der Waals surface area contributed by atoms with Crippen molar-refractivity contribution >= 4 is 5.82 Å². The fraction of sp³-hybridized carbons (Fsp3) is 0.412. The summed E-state index contributed by atoms with van der Waals surface area (Å²) in [5.74, 6) is 1.66. The summed E-state index contributed by atoms with van der Waals surface area (Å²) >= 11 is 0. The first-order chi connectivity index (χ1) is 9.79. The van der Waals surface area contributed by atoms with Crippen molar-refractivity contribution in [2.24, 2.45) is 0 Å². The molecule has 2 aliphatic rings. The molecule has 2 aromatic rings. The standard InChI is InChI=1S/C17H19N3/c18-15-13-8-4-5-9-14(13)19-16(20-15)17(10-11-17)12-6-2-1-3-7-12/h1-3,6-7H,4-5,8-11H2,(H2,18,19,20). The predicted octanol–water partition coefficient (Wildman–Crippen LogP) is 3.02. The summed E-state index contributed by atoms with van der Waals surface area (Å²) in [5, 5.41) is 0. The highest BCUT2D eigenvalue weighted by Crippen LogP contribution is 2.52. The van der Waals surface area contributed by atoms with E-state index in [2.05, 4.69) is 35.3 Å². The molecule has 1 heterocycles. The van der Waals surface area contributed by atoms with Crippen molar-refractivity contribution in [1.82, 2.24) is 9.97 Å². The van der Waals surface area contributed by atoms with E-state index in [4.69, 9.17) is 10.7 Å². The van der Waals surface area contributed by atoms with Gasteiger partial charge in [0.1, 0.15) is 11.6 Å². The van der Waals surface area contributed by atoms with E-state index in [9.17, 15) is 0 Å². The van der Waals surface area contributed by atoms with Crippen LogP contribution in [0, 0.1) is 0 Å². The van der Waals surface area contributed by atoms with Gasteiger partial charge in [-0.15, -0.1) is 0 Å². The number of hydrogen-bond donors (Lipinski definition) is 1. The van der Waals surface area contributed by atoms with Crippen LogP contribution >= 0.6 is 0 Å². The lowest BCUT2D eigenvalue weighted by atomic mass is 9.92. The van der Waals surface area contributed by atoms with Gasteiger partial charge in [-0.25, -0.2) is 9.97 Å². The molecule has 1 fully saturated rings. The number of nitrogens with two attached hydrogens (primary N) is 1. The summed E-state index contributed by atoms with van der Waals surface area (Å²) in [7, 11) is 0. The molecule has 3 heteroatoms. The van der Waals surface area contributed by atoms with Gasteiger partial charge in [0.15, 0.2) is 0 Å². The summed E-state index contributed by atoms with van der Waals surface area (Å²) in [6.45, 7) is 0. The summed E-state index contributed by atoms with van der Waals surface area (Å²) in [6, 6.07) is 10.6. The summed E-state index contributed by atoms with van der Waals surface area (Å²) in [6.07, 6.45) is 6.80. The Morgan fingerprint density at radius 2 is 1.70 bits per heavy atom. The Balaban J connectivity index is 1.81. The Morgan fingerprint density at radius 3 is 2.45 bits per heavy atom. The number of anilines is 1. The molecule has 0 aliphatic heterocycles. The Hall–Kier alpha value is -1.90. The van der Waals surface area contributed by atoms with Crippen molar-refractivity contribution in [3.8, 4) is 0 Å². The molecule has 0 radical (unpaired) electrons. The van der Waals surface area contributed by atoms with Crippen LogP contribution in [0.15, 0.2) is 30.3 Å². The van der Waals surface area contributed by atoms with Crippen molar-refractivity contribution in [2.75, 3.05) is 5.73 Å². The minimum absolute atomic E-state index is 0.0296. The molecule has 1 aromatic heterocycles. The van der Waals surface area contributed by atoms with E-state index in [1.807, 2.05) is 0 Å². The van der Waals surface area contributed by atoms with Gasteiger partial charge in [0.2, 0.25) is 0 Å². The number of benzene rings is 1. The van der Waals surface area contributed by atoms with Crippen LogP contribution in [0.4, 0.5) is 5.82 Å². The number of hydrogen-bond acceptors (Lipinski definition) is 3. The Morgan fingerprint density at radius 1 is 0.950 bits per heavy atom. The number of rotatable bonds is 2. The zero-order valence-corrected chi connectivity index (χ0v) is 11.6. The molecule has 20 heavy (non-hydrogen) atoms. The minimum atomic E-state index is 0.0296. The van der Waals surface area contributed by atoms with Crippen molar-refractivity contribution in [1.29, 1.82) is 0 Å². The smallest absolute Gasteiger partial charge is 0.141 e. The van der Waals surface area contributed by atoms with Gasteiger partial charge in [0.25, 0.3) is 0 Å². The van der Waals surface area contributed by atoms with Crippen LogP contribution in [0.25, 0.3) is 0 Å². The second-order valence-electron chi connectivity index (χ2n) is 6.01. The Kier molecular flexibility index (Phi) is 2.56. The number of nitrogen functional groups attached to an aromatic ring is 1. The topological polar surface area (TPSA) is 51.8 Å². The van der Waals surface area contributed by atoms with E-state index in [0.717, 1.165) is 31.5 Å². The maximum atomic E-state index is 6.19. The predicted molar refractivity (Wildman–Crippen MR) is 79.5 cm³/mol. The van der Waals surface area contributed by atoms with E-state index >= 15 is 0 Å². The van der Waals surface area contributed by atoms with E-state index in [0.29, 0.717) is 5.82 Å². The van der Waals surface area contributed by atoms with E-state index < -0.39 is 0 Å². The summed E-state index contributed by atoms with van der Waals surface area (Å²) in [5.41, 5.74) is 9.95. The maximum Gasteiger partial charge on any atom is 0.141 e. The minimum Gasteiger partial charge on any atom is -0.383 e. The SMILES string of the molecule is Nc1nc(C2(c3ccccc3)CC2)nc2c1CCCC2. The zero-order chi connectivity index (χ0) is 13.6. The van der Waals surface area contributed by atoms with Gasteiger partial charge in [0, 0.05) is 11.3 Å². The third kappa shape index (κ3) is 1.73. The lowest BCUT2D eigenvalue weighted by molar-refractivity contribution is 0.643. The molecule has 0 unspecified atom stereocenters. The number of aryl methyl sites for hydroxylation is 1. The largest absolute Gasteiger partial charge is 0.383 e. The molecular weight excluding hydrogens is 246 g/mol. The Labute approximate surface area is 119 Å². The van der Waals surface area contributed by atoms with Crippen LogP contribution < -0.4 is 5.73 Å². The number of aromatic nitrogens is 2. The molecular formula is C17H19N3. The average molecular weight is 265 g/mol. The quantitative estimate of drug-likeness (QED) is 0.908. The zero-order valence-electron chi connectivity index (χ0n) is 11.6. The molecule has 0 saturated heterocycles. The van der Waals surface area contributed by atoms with Gasteiger partial charge >= 0.3 is 0 Å². The molecule has 0 spiro atoms. The molecule has 1 aromatic carbocycles. The second kappa shape index (κ2) is 4.30. The van der Waals surface area contributed by atoms with Crippen molar-refractivity contribution in [2.45, 2.75) is 43.9 Å². The van der Waals surface area contributed by atoms with E-state index in [1.165, 1.54) is 29.7 Å². The van der Waals surface area contributed by atoms with Crippen molar-refractivity contribution in [3.05, 3.63) is 53.0 Å². The lowest BCUT2D eigenvalue weighted by Gasteiger charge is -2.21. The summed E-state index contributed by atoms with van der Waals surface area (Å²) in [4.78, 5) is 9.56. The second-order valence-corrected chi connectivity index (χ2v) is 6.01. The van der Waals surface area contributed by atoms with Crippen molar-refractivity contribution < 1.29 is 0 Å². The third-order valence-corrected chi connectivity index (χ3v) is 4.72. The molecule has 1 saturated carbocycles. The van der Waals surface area contributed by atoms with Gasteiger partial charge in [-0.1, -0.05) is 30.3 Å². The highest BCUT2D eigenvalue weighted by atomic mass is 15.0. The van der Waals surface area contributed by atoms with Gasteiger partial charge in [-0.2, -0.15) is 0 Å². The highest BCUT2D eigenvalue weighted by molar-refractivity contribution is 5.47. The van der Waals surface area contributed by atoms with Crippen LogP contribution in [0.5, 0.6) is 0 Å². The highest BCUT2D eigenvalue weighted by Gasteiger charge is 2.49. The van der Waals surface area contributed by atoms with Gasteiger partial charge < -0.3 is 5.73 Å². The van der Waals surface area contributed by atoms with E-state index in [-0.39, 0.29) is 5.41 Å². The first-order valence-electron chi connectivity index (χ1n) is 7.51. The fourth-order valence-electron chi connectivity index (χ4n) is 3.36. The third-order valence-electron chi connectivity index (χ3n) is 4.72. The molecule has 2 N–H and O–H groups in total. The normalized spacial score (nSPS) is 19.4. The van der Waals surface area contributed by atoms with Gasteiger partial charge in [-0.05, 0) is 44.1 Å². The van der Waals surface area contributed by atoms with Crippen LogP contribution in [0.2, 0.25) is 0 Å². The Bertz CT molecular complexity index is 645. The fourth-order valence-corrected chi connectivity index (χ4v) is 3.36. The molecule has 4 rings (SSSR count). The average Bonchev–Trinajstić information content (AvgIpc) is 3.30. The van der Waals surface area contributed by atoms with E-state index in [1.54, 1.807) is 0 Å². The number of fused-ring (bicyclic) bond motifs is 1. The lowest BCUT2D eigenvalue weighted by Crippen LogP contribution is -2.19. The molecule has 0 atom stereocenters. The number of nitrogens with zero attached hydrogens (tertiary/aromatic N) is 2. The summed E-state index contributed by atoms with van der Waals surface area (Å²) < 4.78 is 0. The molecule has 2 aliphatic carbocycles. The van der Waals surface area contributed by atoms with Crippen LogP contribution in [-0.2, 0) is 18.3 Å². The molecule has 0 bridgehead atoms. The van der Waals surface area contributed by atoms with Gasteiger partial charge in [0.05, 0.1) is 5.41 Å². The van der Waals surface area contributed by atoms with Crippen LogP contribution in [-0.4, -0.2) is 9.97 Å². The monoisotopic (exact) mass is 265 g/mol. The molecule has 0 amide bonds. The van der Waals surface area contributed by atoms with Crippen LogP contribution in [0.1, 0.15) is 48.3 Å².